The molecule has 0 bridgehead atoms. The molecule has 2 rings (SSSR count). The number of H-pyrrole nitrogens is 2. The molecule has 0 atom stereocenters. The van der Waals surface area contributed by atoms with Gasteiger partial charge in [0.1, 0.15) is 0 Å². The van der Waals surface area contributed by atoms with Crippen molar-refractivity contribution in [3.63, 3.8) is 0 Å². The quantitative estimate of drug-likeness (QED) is 0.720. The molecule has 4 heteroatoms. The van der Waals surface area contributed by atoms with Crippen molar-refractivity contribution in [2.45, 2.75) is 20.8 Å². The Morgan fingerprint density at radius 2 is 1.75 bits per heavy atom. The van der Waals surface area contributed by atoms with Crippen molar-refractivity contribution in [1.82, 2.24) is 9.97 Å². The van der Waals surface area contributed by atoms with Crippen molar-refractivity contribution in [3.8, 4) is 0 Å². The van der Waals surface area contributed by atoms with Crippen LogP contribution in [0.5, 0.6) is 0 Å². The highest BCUT2D eigenvalue weighted by molar-refractivity contribution is 6.01. The zero-order valence-electron chi connectivity index (χ0n) is 9.55. The van der Waals surface area contributed by atoms with Gasteiger partial charge >= 0.3 is 5.69 Å². The molecule has 0 amide bonds. The summed E-state index contributed by atoms with van der Waals surface area (Å²) >= 11 is 0. The van der Waals surface area contributed by atoms with Crippen molar-refractivity contribution in [2.24, 2.45) is 5.41 Å². The molecule has 0 aliphatic carbocycles. The van der Waals surface area contributed by atoms with Gasteiger partial charge in [0, 0.05) is 11.0 Å². The number of Topliss-reactive ketones (excluding diaryl/α,β-unsaturated/α-hetero) is 1. The lowest BCUT2D eigenvalue weighted by atomic mass is 9.86. The fraction of sp³-hybridized carbons (Fsp3) is 0.333. The Labute approximate surface area is 92.7 Å². The summed E-state index contributed by atoms with van der Waals surface area (Å²) in [6, 6.07) is 5.19. The average molecular weight is 218 g/mol. The molecule has 2 aromatic rings. The maximum atomic E-state index is 12.0. The fourth-order valence-electron chi connectivity index (χ4n) is 1.61. The van der Waals surface area contributed by atoms with E-state index in [9.17, 15) is 9.59 Å². The Balaban J connectivity index is 2.55. The van der Waals surface area contributed by atoms with E-state index in [0.717, 1.165) is 5.52 Å². The lowest BCUT2D eigenvalue weighted by molar-refractivity contribution is 0.0858. The SMILES string of the molecule is CC(C)(C)C(=O)c1ccc2[nH]c(=O)[nH]c2c1. The number of imidazole rings is 1. The molecule has 0 unspecified atom stereocenters. The summed E-state index contributed by atoms with van der Waals surface area (Å²) in [5, 5.41) is 0. The molecule has 0 saturated carbocycles. The van der Waals surface area contributed by atoms with E-state index < -0.39 is 5.41 Å². The molecule has 1 aromatic carbocycles. The number of fused-ring (bicyclic) bond motifs is 1. The largest absolute Gasteiger partial charge is 0.323 e. The lowest BCUT2D eigenvalue weighted by Crippen LogP contribution is -2.19. The highest BCUT2D eigenvalue weighted by atomic mass is 16.1. The normalized spacial score (nSPS) is 11.9. The Morgan fingerprint density at radius 3 is 2.38 bits per heavy atom. The van der Waals surface area contributed by atoms with Crippen LogP contribution in [0.1, 0.15) is 31.1 Å². The highest BCUT2D eigenvalue weighted by Crippen LogP contribution is 2.22. The summed E-state index contributed by atoms with van der Waals surface area (Å²) in [5.41, 5.74) is 1.34. The minimum absolute atomic E-state index is 0.0662. The third-order valence-electron chi connectivity index (χ3n) is 2.46. The van der Waals surface area contributed by atoms with Gasteiger partial charge in [0.25, 0.3) is 0 Å². The van der Waals surface area contributed by atoms with Gasteiger partial charge in [-0.15, -0.1) is 0 Å². The van der Waals surface area contributed by atoms with Gasteiger partial charge in [0.05, 0.1) is 11.0 Å². The van der Waals surface area contributed by atoms with Crippen LogP contribution in [0.3, 0.4) is 0 Å². The highest BCUT2D eigenvalue weighted by Gasteiger charge is 2.23. The van der Waals surface area contributed by atoms with Gasteiger partial charge in [-0.3, -0.25) is 4.79 Å². The first-order valence-electron chi connectivity index (χ1n) is 5.15. The number of aromatic amines is 2. The zero-order chi connectivity index (χ0) is 11.9. The molecular weight excluding hydrogens is 204 g/mol. The summed E-state index contributed by atoms with van der Waals surface area (Å²) in [5.74, 6) is 0.0662. The first-order valence-corrected chi connectivity index (χ1v) is 5.15. The standard InChI is InChI=1S/C12H14N2O2/c1-12(2,3)10(15)7-4-5-8-9(6-7)14-11(16)13-8/h4-6H,1-3H3,(H2,13,14,16). The second-order valence-electron chi connectivity index (χ2n) is 4.92. The molecule has 1 heterocycles. The van der Waals surface area contributed by atoms with Crippen LogP contribution in [0.25, 0.3) is 11.0 Å². The summed E-state index contributed by atoms with van der Waals surface area (Å²) in [4.78, 5) is 28.4. The molecule has 0 aliphatic rings. The van der Waals surface area contributed by atoms with Crippen LogP contribution in [0.2, 0.25) is 0 Å². The first kappa shape index (κ1) is 10.7. The third kappa shape index (κ3) is 1.78. The molecule has 84 valence electrons. The van der Waals surface area contributed by atoms with Crippen LogP contribution < -0.4 is 5.69 Å². The predicted octanol–water partition coefficient (Wildman–Crippen LogP) is 2.08. The first-order chi connectivity index (χ1) is 7.38. The summed E-state index contributed by atoms with van der Waals surface area (Å²) < 4.78 is 0. The van der Waals surface area contributed by atoms with Crippen LogP contribution >= 0.6 is 0 Å². The van der Waals surface area contributed by atoms with Gasteiger partial charge in [-0.25, -0.2) is 4.79 Å². The number of ketones is 1. The molecule has 2 N–H and O–H groups in total. The van der Waals surface area contributed by atoms with E-state index in [1.54, 1.807) is 18.2 Å². The number of aromatic nitrogens is 2. The van der Waals surface area contributed by atoms with E-state index in [-0.39, 0.29) is 11.5 Å². The Bertz CT molecular complexity index is 599. The number of nitrogens with one attached hydrogen (secondary N) is 2. The van der Waals surface area contributed by atoms with E-state index in [1.807, 2.05) is 20.8 Å². The van der Waals surface area contributed by atoms with Crippen molar-refractivity contribution < 1.29 is 4.79 Å². The molecular formula is C12H14N2O2. The molecule has 16 heavy (non-hydrogen) atoms. The number of carbonyl (C=O) groups is 1. The van der Waals surface area contributed by atoms with Crippen LogP contribution in [0, 0.1) is 5.41 Å². The van der Waals surface area contributed by atoms with Crippen molar-refractivity contribution in [3.05, 3.63) is 34.2 Å². The van der Waals surface area contributed by atoms with Gasteiger partial charge in [0.2, 0.25) is 0 Å². The van der Waals surface area contributed by atoms with E-state index in [0.29, 0.717) is 11.1 Å². The maximum Gasteiger partial charge on any atom is 0.323 e. The van der Waals surface area contributed by atoms with Gasteiger partial charge in [-0.05, 0) is 18.2 Å². The molecule has 0 aliphatic heterocycles. The summed E-state index contributed by atoms with van der Waals surface area (Å²) in [7, 11) is 0. The van der Waals surface area contributed by atoms with Gasteiger partial charge in [0.15, 0.2) is 5.78 Å². The fourth-order valence-corrected chi connectivity index (χ4v) is 1.61. The number of rotatable bonds is 1. The summed E-state index contributed by atoms with van der Waals surface area (Å²) in [6.07, 6.45) is 0. The molecule has 0 spiro atoms. The zero-order valence-corrected chi connectivity index (χ0v) is 9.55. The third-order valence-corrected chi connectivity index (χ3v) is 2.46. The second kappa shape index (κ2) is 3.33. The number of hydrogen-bond donors (Lipinski definition) is 2. The van der Waals surface area contributed by atoms with E-state index in [2.05, 4.69) is 9.97 Å². The number of carbonyl (C=O) groups excluding carboxylic acids is 1. The minimum atomic E-state index is -0.412. The lowest BCUT2D eigenvalue weighted by Gasteiger charge is -2.16. The van der Waals surface area contributed by atoms with E-state index in [1.165, 1.54) is 0 Å². The van der Waals surface area contributed by atoms with Crippen molar-refractivity contribution in [2.75, 3.05) is 0 Å². The Hall–Kier alpha value is -1.84. The number of benzene rings is 1. The van der Waals surface area contributed by atoms with E-state index in [4.69, 9.17) is 0 Å². The maximum absolute atomic E-state index is 12.0. The van der Waals surface area contributed by atoms with Gasteiger partial charge < -0.3 is 9.97 Å². The molecule has 0 radical (unpaired) electrons. The Morgan fingerprint density at radius 1 is 1.12 bits per heavy atom. The number of hydrogen-bond acceptors (Lipinski definition) is 2. The second-order valence-corrected chi connectivity index (χ2v) is 4.92. The average Bonchev–Trinajstić information content (AvgIpc) is 2.54. The Kier molecular flexibility index (Phi) is 2.22. The van der Waals surface area contributed by atoms with E-state index >= 15 is 0 Å². The summed E-state index contributed by atoms with van der Waals surface area (Å²) in [6.45, 7) is 5.62. The van der Waals surface area contributed by atoms with Crippen LogP contribution in [0.15, 0.2) is 23.0 Å². The smallest absolute Gasteiger partial charge is 0.306 e. The topological polar surface area (TPSA) is 65.7 Å². The van der Waals surface area contributed by atoms with Crippen LogP contribution in [-0.2, 0) is 0 Å². The van der Waals surface area contributed by atoms with Crippen LogP contribution in [-0.4, -0.2) is 15.8 Å². The molecule has 0 saturated heterocycles. The minimum Gasteiger partial charge on any atom is -0.306 e. The van der Waals surface area contributed by atoms with Crippen molar-refractivity contribution in [1.29, 1.82) is 0 Å². The monoisotopic (exact) mass is 218 g/mol. The predicted molar refractivity (Wildman–Crippen MR) is 62.7 cm³/mol. The van der Waals surface area contributed by atoms with Gasteiger partial charge in [-0.1, -0.05) is 20.8 Å². The van der Waals surface area contributed by atoms with Gasteiger partial charge in [-0.2, -0.15) is 0 Å². The molecule has 1 aromatic heterocycles. The molecule has 0 fully saturated rings. The molecule has 4 nitrogen and oxygen atoms in total. The van der Waals surface area contributed by atoms with Crippen molar-refractivity contribution >= 4 is 16.8 Å². The van der Waals surface area contributed by atoms with Crippen LogP contribution in [0.4, 0.5) is 0 Å².